The van der Waals surface area contributed by atoms with Gasteiger partial charge in [0.2, 0.25) is 0 Å². The molecule has 0 atom stereocenters. The van der Waals surface area contributed by atoms with Crippen molar-refractivity contribution in [2.75, 3.05) is 0 Å². The van der Waals surface area contributed by atoms with E-state index in [1.54, 1.807) is 0 Å². The van der Waals surface area contributed by atoms with E-state index in [-0.39, 0.29) is 22.5 Å². The lowest BCUT2D eigenvalue weighted by molar-refractivity contribution is 0.0950. The van der Waals surface area contributed by atoms with Crippen LogP contribution in [0, 0.1) is 13.8 Å². The number of pyridine rings is 1. The van der Waals surface area contributed by atoms with Gasteiger partial charge < -0.3 is 5.32 Å². The highest BCUT2D eigenvalue weighted by atomic mass is 16.2. The summed E-state index contributed by atoms with van der Waals surface area (Å²) in [4.78, 5) is 41.5. The SMILES string of the molecule is Cc1nn(Cc2ccccc2)c(C)c1CNC(=O)c1cnc2c(c1)c(=O)n(C)c(=O)n2C. The highest BCUT2D eigenvalue weighted by Crippen LogP contribution is 2.15. The third kappa shape index (κ3) is 3.73. The molecule has 0 bridgehead atoms. The first-order chi connectivity index (χ1) is 15.3. The van der Waals surface area contributed by atoms with Crippen LogP contribution >= 0.6 is 0 Å². The average Bonchev–Trinajstić information content (AvgIpc) is 3.07. The predicted octanol–water partition coefficient (Wildman–Crippen LogP) is 1.42. The fourth-order valence-electron chi connectivity index (χ4n) is 3.76. The van der Waals surface area contributed by atoms with Gasteiger partial charge in [0, 0.05) is 38.1 Å². The summed E-state index contributed by atoms with van der Waals surface area (Å²) in [7, 11) is 2.94. The van der Waals surface area contributed by atoms with Crippen LogP contribution in [0.25, 0.3) is 11.0 Å². The molecule has 0 aliphatic heterocycles. The molecule has 32 heavy (non-hydrogen) atoms. The molecule has 4 aromatic rings. The van der Waals surface area contributed by atoms with Crippen LogP contribution in [0.3, 0.4) is 0 Å². The van der Waals surface area contributed by atoms with Gasteiger partial charge in [-0.15, -0.1) is 0 Å². The molecule has 0 aliphatic rings. The summed E-state index contributed by atoms with van der Waals surface area (Å²) >= 11 is 0. The third-order valence-corrected chi connectivity index (χ3v) is 5.69. The molecule has 1 amide bonds. The highest BCUT2D eigenvalue weighted by molar-refractivity contribution is 5.96. The predicted molar refractivity (Wildman–Crippen MR) is 121 cm³/mol. The number of amides is 1. The monoisotopic (exact) mass is 432 g/mol. The Labute approximate surface area is 184 Å². The molecular formula is C23H24N6O3. The second-order valence-electron chi connectivity index (χ2n) is 7.78. The Morgan fingerprint density at radius 3 is 2.50 bits per heavy atom. The van der Waals surface area contributed by atoms with E-state index in [2.05, 4.69) is 15.4 Å². The van der Waals surface area contributed by atoms with Crippen molar-refractivity contribution < 1.29 is 4.79 Å². The molecule has 0 radical (unpaired) electrons. The minimum atomic E-state index is -0.487. The van der Waals surface area contributed by atoms with Gasteiger partial charge in [-0.2, -0.15) is 5.10 Å². The molecule has 0 aliphatic carbocycles. The van der Waals surface area contributed by atoms with Gasteiger partial charge in [0.05, 0.1) is 23.2 Å². The second kappa shape index (κ2) is 8.26. The molecule has 0 spiro atoms. The second-order valence-corrected chi connectivity index (χ2v) is 7.78. The maximum absolute atomic E-state index is 12.8. The molecule has 1 aromatic carbocycles. The number of fused-ring (bicyclic) bond motifs is 1. The zero-order valence-electron chi connectivity index (χ0n) is 18.4. The Morgan fingerprint density at radius 1 is 1.06 bits per heavy atom. The van der Waals surface area contributed by atoms with Gasteiger partial charge in [-0.1, -0.05) is 30.3 Å². The first-order valence-corrected chi connectivity index (χ1v) is 10.2. The molecule has 9 heteroatoms. The molecule has 3 aromatic heterocycles. The number of nitrogens with one attached hydrogen (secondary N) is 1. The number of hydrogen-bond donors (Lipinski definition) is 1. The van der Waals surface area contributed by atoms with Crippen molar-refractivity contribution in [2.45, 2.75) is 26.9 Å². The molecule has 0 fully saturated rings. The zero-order valence-corrected chi connectivity index (χ0v) is 18.4. The number of hydrogen-bond acceptors (Lipinski definition) is 5. The van der Waals surface area contributed by atoms with E-state index in [1.807, 2.05) is 48.9 Å². The first-order valence-electron chi connectivity index (χ1n) is 10.2. The zero-order chi connectivity index (χ0) is 23.0. The van der Waals surface area contributed by atoms with E-state index >= 15 is 0 Å². The fourth-order valence-corrected chi connectivity index (χ4v) is 3.76. The topological polar surface area (TPSA) is 104 Å². The van der Waals surface area contributed by atoms with Crippen molar-refractivity contribution in [1.82, 2.24) is 29.2 Å². The van der Waals surface area contributed by atoms with Crippen molar-refractivity contribution in [3.05, 3.63) is 91.5 Å². The quantitative estimate of drug-likeness (QED) is 0.514. The largest absolute Gasteiger partial charge is 0.348 e. The summed E-state index contributed by atoms with van der Waals surface area (Å²) in [5.74, 6) is -0.357. The Kier molecular flexibility index (Phi) is 5.48. The van der Waals surface area contributed by atoms with Crippen LogP contribution in [0.15, 0.2) is 52.2 Å². The van der Waals surface area contributed by atoms with E-state index in [9.17, 15) is 14.4 Å². The van der Waals surface area contributed by atoms with Crippen LogP contribution in [0.5, 0.6) is 0 Å². The number of nitrogens with zero attached hydrogens (tertiary/aromatic N) is 5. The fraction of sp³-hybridized carbons (Fsp3) is 0.261. The summed E-state index contributed by atoms with van der Waals surface area (Å²) in [5.41, 5.74) is 3.45. The number of carbonyl (C=O) groups is 1. The van der Waals surface area contributed by atoms with Crippen LogP contribution in [0.2, 0.25) is 0 Å². The van der Waals surface area contributed by atoms with Crippen LogP contribution in [-0.4, -0.2) is 29.8 Å². The summed E-state index contributed by atoms with van der Waals surface area (Å²) in [6.07, 6.45) is 1.37. The summed E-state index contributed by atoms with van der Waals surface area (Å²) < 4.78 is 4.21. The van der Waals surface area contributed by atoms with Gasteiger partial charge in [0.15, 0.2) is 0 Å². The van der Waals surface area contributed by atoms with Gasteiger partial charge >= 0.3 is 5.69 Å². The van der Waals surface area contributed by atoms with Crippen molar-refractivity contribution in [3.8, 4) is 0 Å². The first kappa shape index (κ1) is 21.2. The molecule has 9 nitrogen and oxygen atoms in total. The number of aromatic nitrogens is 5. The molecule has 4 rings (SSSR count). The number of aryl methyl sites for hydroxylation is 2. The minimum Gasteiger partial charge on any atom is -0.348 e. The molecule has 0 unspecified atom stereocenters. The van der Waals surface area contributed by atoms with Crippen LogP contribution < -0.4 is 16.6 Å². The maximum Gasteiger partial charge on any atom is 0.332 e. The van der Waals surface area contributed by atoms with Crippen molar-refractivity contribution in [1.29, 1.82) is 0 Å². The van der Waals surface area contributed by atoms with E-state index in [1.165, 1.54) is 30.9 Å². The van der Waals surface area contributed by atoms with Gasteiger partial charge in [0.25, 0.3) is 11.5 Å². The maximum atomic E-state index is 12.8. The van der Waals surface area contributed by atoms with Gasteiger partial charge in [-0.3, -0.25) is 23.4 Å². The van der Waals surface area contributed by atoms with E-state index in [0.29, 0.717) is 13.1 Å². The van der Waals surface area contributed by atoms with Gasteiger partial charge in [-0.05, 0) is 25.5 Å². The van der Waals surface area contributed by atoms with Crippen LogP contribution in [0.1, 0.15) is 32.9 Å². The van der Waals surface area contributed by atoms with Crippen LogP contribution in [0.4, 0.5) is 0 Å². The number of rotatable bonds is 5. The summed E-state index contributed by atoms with van der Waals surface area (Å²) in [6, 6.07) is 11.5. The number of benzene rings is 1. The molecule has 1 N–H and O–H groups in total. The molecular weight excluding hydrogens is 408 g/mol. The standard InChI is InChI=1S/C23H24N6O3/c1-14-19(15(2)29(26-14)13-16-8-6-5-7-9-16)12-25-21(30)17-10-18-20(24-11-17)27(3)23(32)28(4)22(18)31/h5-11H,12-13H2,1-4H3,(H,25,30). The summed E-state index contributed by atoms with van der Waals surface area (Å²) in [6.45, 7) is 4.84. The summed E-state index contributed by atoms with van der Waals surface area (Å²) in [5, 5.41) is 7.72. The smallest absolute Gasteiger partial charge is 0.332 e. The third-order valence-electron chi connectivity index (χ3n) is 5.69. The average molecular weight is 432 g/mol. The lowest BCUT2D eigenvalue weighted by atomic mass is 10.1. The van der Waals surface area contributed by atoms with Crippen LogP contribution in [-0.2, 0) is 27.2 Å². The Hall–Kier alpha value is -4.01. The Morgan fingerprint density at radius 2 is 1.78 bits per heavy atom. The molecule has 3 heterocycles. The number of carbonyl (C=O) groups excluding carboxylic acids is 1. The molecule has 164 valence electrons. The molecule has 0 saturated heterocycles. The lowest BCUT2D eigenvalue weighted by Crippen LogP contribution is -2.37. The van der Waals surface area contributed by atoms with Crippen molar-refractivity contribution in [3.63, 3.8) is 0 Å². The minimum absolute atomic E-state index is 0.213. The van der Waals surface area contributed by atoms with Crippen molar-refractivity contribution >= 4 is 16.9 Å². The highest BCUT2D eigenvalue weighted by Gasteiger charge is 2.16. The van der Waals surface area contributed by atoms with Gasteiger partial charge in [-0.25, -0.2) is 9.78 Å². The van der Waals surface area contributed by atoms with Gasteiger partial charge in [0.1, 0.15) is 5.65 Å². The Balaban J connectivity index is 1.56. The van der Waals surface area contributed by atoms with E-state index < -0.39 is 11.2 Å². The lowest BCUT2D eigenvalue weighted by Gasteiger charge is -2.09. The van der Waals surface area contributed by atoms with E-state index in [0.717, 1.165) is 27.1 Å². The van der Waals surface area contributed by atoms with Crippen molar-refractivity contribution in [2.24, 2.45) is 14.1 Å². The Bertz CT molecular complexity index is 1450. The molecule has 0 saturated carbocycles. The normalized spacial score (nSPS) is 11.1. The van der Waals surface area contributed by atoms with E-state index in [4.69, 9.17) is 0 Å².